The highest BCUT2D eigenvalue weighted by atomic mass is 16.4. The maximum Gasteiger partial charge on any atom is 0.314 e. The van der Waals surface area contributed by atoms with Crippen molar-refractivity contribution < 1.29 is 19.5 Å². The molecular weight excluding hydrogens is 338 g/mol. The summed E-state index contributed by atoms with van der Waals surface area (Å²) in [5, 5.41) is 13.7. The van der Waals surface area contributed by atoms with Crippen molar-refractivity contribution in [1.29, 1.82) is 0 Å². The summed E-state index contributed by atoms with van der Waals surface area (Å²) in [5.74, 6) is 0.0404. The molecule has 1 fully saturated rings. The lowest BCUT2D eigenvalue weighted by Crippen LogP contribution is -2.49. The van der Waals surface area contributed by atoms with Gasteiger partial charge < -0.3 is 25.5 Å². The third kappa shape index (κ3) is 6.58. The highest BCUT2D eigenvalue weighted by molar-refractivity contribution is 5.78. The van der Waals surface area contributed by atoms with Crippen molar-refractivity contribution in [3.05, 3.63) is 24.4 Å². The Labute approximate surface area is 152 Å². The van der Waals surface area contributed by atoms with Crippen LogP contribution in [0.3, 0.4) is 0 Å². The van der Waals surface area contributed by atoms with Crippen LogP contribution in [-0.2, 0) is 9.59 Å². The number of urea groups is 1. The van der Waals surface area contributed by atoms with E-state index in [-0.39, 0.29) is 31.3 Å². The maximum absolute atomic E-state index is 12.2. The van der Waals surface area contributed by atoms with E-state index >= 15 is 0 Å². The molecule has 0 saturated carbocycles. The van der Waals surface area contributed by atoms with Crippen molar-refractivity contribution >= 4 is 23.7 Å². The Kier molecular flexibility index (Phi) is 7.66. The van der Waals surface area contributed by atoms with E-state index in [1.165, 1.54) is 0 Å². The monoisotopic (exact) mass is 363 g/mol. The lowest BCUT2D eigenvalue weighted by atomic mass is 10.2. The van der Waals surface area contributed by atoms with E-state index in [2.05, 4.69) is 20.5 Å². The number of hydrogen-bond acceptors (Lipinski definition) is 5. The van der Waals surface area contributed by atoms with E-state index in [9.17, 15) is 14.4 Å². The minimum atomic E-state index is -0.888. The number of aromatic nitrogens is 1. The molecule has 0 unspecified atom stereocenters. The SMILES string of the molecule is O=C(O)CCCNC(=O)NCCC(=O)N1CCN(c2ccccn2)CC1. The minimum Gasteiger partial charge on any atom is -0.481 e. The molecule has 3 amide bonds. The fraction of sp³-hybridized carbons (Fsp3) is 0.529. The molecule has 3 N–H and O–H groups in total. The Balaban J connectivity index is 1.59. The highest BCUT2D eigenvalue weighted by Crippen LogP contribution is 2.12. The lowest BCUT2D eigenvalue weighted by molar-refractivity contribution is -0.137. The first-order valence-electron chi connectivity index (χ1n) is 8.73. The number of carbonyl (C=O) groups excluding carboxylic acids is 2. The van der Waals surface area contributed by atoms with Crippen molar-refractivity contribution in [1.82, 2.24) is 20.5 Å². The first-order chi connectivity index (χ1) is 12.6. The molecule has 26 heavy (non-hydrogen) atoms. The molecule has 2 rings (SSSR count). The molecule has 0 aromatic carbocycles. The number of anilines is 1. The van der Waals surface area contributed by atoms with Gasteiger partial charge >= 0.3 is 12.0 Å². The molecular formula is C17H25N5O4. The molecule has 2 heterocycles. The van der Waals surface area contributed by atoms with Gasteiger partial charge in [0, 0.05) is 58.3 Å². The molecule has 1 aromatic heterocycles. The molecule has 9 heteroatoms. The van der Waals surface area contributed by atoms with Crippen molar-refractivity contribution in [3.8, 4) is 0 Å². The fourth-order valence-electron chi connectivity index (χ4n) is 2.67. The van der Waals surface area contributed by atoms with Gasteiger partial charge in [0.2, 0.25) is 5.91 Å². The van der Waals surface area contributed by atoms with E-state index < -0.39 is 5.97 Å². The summed E-state index contributed by atoms with van der Waals surface area (Å²) < 4.78 is 0. The van der Waals surface area contributed by atoms with Gasteiger partial charge in [0.1, 0.15) is 5.82 Å². The van der Waals surface area contributed by atoms with E-state index in [0.717, 1.165) is 18.9 Å². The van der Waals surface area contributed by atoms with Crippen LogP contribution in [-0.4, -0.2) is 72.2 Å². The van der Waals surface area contributed by atoms with Gasteiger partial charge in [0.05, 0.1) is 0 Å². The molecule has 0 aliphatic carbocycles. The summed E-state index contributed by atoms with van der Waals surface area (Å²) in [7, 11) is 0. The number of hydrogen-bond donors (Lipinski definition) is 3. The molecule has 1 saturated heterocycles. The topological polar surface area (TPSA) is 115 Å². The third-order valence-corrected chi connectivity index (χ3v) is 4.08. The predicted molar refractivity (Wildman–Crippen MR) is 95.9 cm³/mol. The van der Waals surface area contributed by atoms with Gasteiger partial charge in [-0.25, -0.2) is 9.78 Å². The van der Waals surface area contributed by atoms with Crippen LogP contribution in [0, 0.1) is 0 Å². The van der Waals surface area contributed by atoms with Crippen LogP contribution in [0.15, 0.2) is 24.4 Å². The first kappa shape index (κ1) is 19.5. The number of piperazine rings is 1. The number of carboxylic acid groups (broad SMARTS) is 1. The number of nitrogens with one attached hydrogen (secondary N) is 2. The summed E-state index contributed by atoms with van der Waals surface area (Å²) in [6, 6.07) is 5.39. The molecule has 1 aromatic rings. The average Bonchev–Trinajstić information content (AvgIpc) is 2.66. The summed E-state index contributed by atoms with van der Waals surface area (Å²) in [6.07, 6.45) is 2.39. The molecule has 9 nitrogen and oxygen atoms in total. The van der Waals surface area contributed by atoms with Crippen LogP contribution in [0.2, 0.25) is 0 Å². The summed E-state index contributed by atoms with van der Waals surface area (Å²) >= 11 is 0. The minimum absolute atomic E-state index is 0.0110. The molecule has 1 aliphatic rings. The van der Waals surface area contributed by atoms with Crippen LogP contribution in [0.5, 0.6) is 0 Å². The first-order valence-corrected chi connectivity index (χ1v) is 8.73. The van der Waals surface area contributed by atoms with Crippen molar-refractivity contribution in [2.75, 3.05) is 44.2 Å². The standard InChI is InChI=1S/C17H25N5O4/c23-15(6-9-20-17(26)19-8-3-5-16(24)25)22-12-10-21(11-13-22)14-4-1-2-7-18-14/h1-2,4,7H,3,5-6,8-13H2,(H,24,25)(H2,19,20,26). The number of nitrogens with zero attached hydrogens (tertiary/aromatic N) is 3. The molecule has 0 radical (unpaired) electrons. The van der Waals surface area contributed by atoms with Gasteiger partial charge in [-0.05, 0) is 18.6 Å². The van der Waals surface area contributed by atoms with Gasteiger partial charge in [-0.2, -0.15) is 0 Å². The van der Waals surface area contributed by atoms with Crippen molar-refractivity contribution in [2.45, 2.75) is 19.3 Å². The van der Waals surface area contributed by atoms with Gasteiger partial charge in [-0.15, -0.1) is 0 Å². The largest absolute Gasteiger partial charge is 0.481 e. The number of pyridine rings is 1. The number of amides is 3. The van der Waals surface area contributed by atoms with E-state index in [4.69, 9.17) is 5.11 Å². The average molecular weight is 363 g/mol. The smallest absolute Gasteiger partial charge is 0.314 e. The third-order valence-electron chi connectivity index (χ3n) is 4.08. The zero-order chi connectivity index (χ0) is 18.8. The Bertz CT molecular complexity index is 602. The predicted octanol–water partition coefficient (Wildman–Crippen LogP) is 0.284. The van der Waals surface area contributed by atoms with E-state index in [1.54, 1.807) is 11.1 Å². The van der Waals surface area contributed by atoms with Gasteiger partial charge in [0.25, 0.3) is 0 Å². The molecule has 0 atom stereocenters. The summed E-state index contributed by atoms with van der Waals surface area (Å²) in [5.41, 5.74) is 0. The Morgan fingerprint density at radius 2 is 1.77 bits per heavy atom. The number of carboxylic acids is 1. The highest BCUT2D eigenvalue weighted by Gasteiger charge is 2.21. The Morgan fingerprint density at radius 1 is 1.04 bits per heavy atom. The fourth-order valence-corrected chi connectivity index (χ4v) is 2.67. The molecule has 142 valence electrons. The van der Waals surface area contributed by atoms with Gasteiger partial charge in [-0.3, -0.25) is 9.59 Å². The van der Waals surface area contributed by atoms with Crippen LogP contribution in [0.1, 0.15) is 19.3 Å². The van der Waals surface area contributed by atoms with Gasteiger partial charge in [-0.1, -0.05) is 6.07 Å². The molecule has 1 aliphatic heterocycles. The normalized spacial score (nSPS) is 14.0. The van der Waals surface area contributed by atoms with Gasteiger partial charge in [0.15, 0.2) is 0 Å². The second-order valence-electron chi connectivity index (χ2n) is 5.99. The van der Waals surface area contributed by atoms with E-state index in [0.29, 0.717) is 26.1 Å². The quantitative estimate of drug-likeness (QED) is 0.572. The molecule has 0 spiro atoms. The number of carbonyl (C=O) groups is 3. The van der Waals surface area contributed by atoms with Crippen LogP contribution < -0.4 is 15.5 Å². The summed E-state index contributed by atoms with van der Waals surface area (Å²) in [4.78, 5) is 42.4. The Morgan fingerprint density at radius 3 is 2.42 bits per heavy atom. The van der Waals surface area contributed by atoms with Crippen LogP contribution in [0.25, 0.3) is 0 Å². The maximum atomic E-state index is 12.2. The van der Waals surface area contributed by atoms with Crippen molar-refractivity contribution in [3.63, 3.8) is 0 Å². The van der Waals surface area contributed by atoms with Crippen LogP contribution in [0.4, 0.5) is 10.6 Å². The van der Waals surface area contributed by atoms with Crippen molar-refractivity contribution in [2.24, 2.45) is 0 Å². The second-order valence-corrected chi connectivity index (χ2v) is 5.99. The zero-order valence-corrected chi connectivity index (χ0v) is 14.7. The lowest BCUT2D eigenvalue weighted by Gasteiger charge is -2.35. The van der Waals surface area contributed by atoms with Crippen LogP contribution >= 0.6 is 0 Å². The molecule has 0 bridgehead atoms. The van der Waals surface area contributed by atoms with E-state index in [1.807, 2.05) is 18.2 Å². The number of rotatable bonds is 8. The summed E-state index contributed by atoms with van der Waals surface area (Å²) in [6.45, 7) is 3.29. The number of aliphatic carboxylic acids is 1. The second kappa shape index (κ2) is 10.2. The Hall–Kier alpha value is -2.84. The zero-order valence-electron chi connectivity index (χ0n) is 14.7.